The van der Waals surface area contributed by atoms with Crippen LogP contribution >= 0.6 is 11.6 Å². The third-order valence-electron chi connectivity index (χ3n) is 3.62. The highest BCUT2D eigenvalue weighted by Gasteiger charge is 2.32. The van der Waals surface area contributed by atoms with Gasteiger partial charge in [-0.1, -0.05) is 31.4 Å². The molecule has 1 aromatic heterocycles. The summed E-state index contributed by atoms with van der Waals surface area (Å²) in [6.45, 7) is 6.44. The van der Waals surface area contributed by atoms with Crippen LogP contribution in [-0.2, 0) is 12.1 Å². The van der Waals surface area contributed by atoms with E-state index in [0.29, 0.717) is 0 Å². The molecule has 1 saturated heterocycles. The van der Waals surface area contributed by atoms with Crippen LogP contribution in [0.3, 0.4) is 0 Å². The van der Waals surface area contributed by atoms with Gasteiger partial charge in [-0.05, 0) is 32.7 Å². The lowest BCUT2D eigenvalue weighted by atomic mass is 9.92. The Hall–Kier alpha value is -0.540. The maximum atomic E-state index is 6.33. The summed E-state index contributed by atoms with van der Waals surface area (Å²) in [4.78, 5) is 0. The molecule has 17 heavy (non-hydrogen) atoms. The Bertz CT molecular complexity index is 365. The molecule has 1 fully saturated rings. The molecule has 2 rings (SSSR count). The van der Waals surface area contributed by atoms with Gasteiger partial charge in [0, 0.05) is 6.54 Å². The molecule has 0 aromatic carbocycles. The molecule has 0 spiro atoms. The molecule has 0 bridgehead atoms. The molecule has 0 radical (unpaired) electrons. The summed E-state index contributed by atoms with van der Waals surface area (Å²) in [6.07, 6.45) is 7.84. The predicted molar refractivity (Wildman–Crippen MR) is 71.4 cm³/mol. The van der Waals surface area contributed by atoms with Crippen LogP contribution in [0.25, 0.3) is 0 Å². The van der Waals surface area contributed by atoms with Crippen LogP contribution in [-0.4, -0.2) is 16.3 Å². The molecule has 4 heteroatoms. The second kappa shape index (κ2) is 5.40. The fraction of sp³-hybridized carbons (Fsp3) is 0.769. The van der Waals surface area contributed by atoms with Gasteiger partial charge in [-0.15, -0.1) is 0 Å². The van der Waals surface area contributed by atoms with Gasteiger partial charge in [-0.25, -0.2) is 0 Å². The summed E-state index contributed by atoms with van der Waals surface area (Å²) >= 11 is 6.33. The van der Waals surface area contributed by atoms with E-state index in [9.17, 15) is 0 Å². The smallest absolute Gasteiger partial charge is 0.0837 e. The van der Waals surface area contributed by atoms with Crippen LogP contribution in [0.1, 0.15) is 51.6 Å². The van der Waals surface area contributed by atoms with Crippen LogP contribution in [0.2, 0.25) is 5.02 Å². The Morgan fingerprint density at radius 2 is 2.29 bits per heavy atom. The molecule has 3 nitrogen and oxygen atoms in total. The van der Waals surface area contributed by atoms with Crippen LogP contribution in [0.5, 0.6) is 0 Å². The predicted octanol–water partition coefficient (Wildman–Crippen LogP) is 3.33. The zero-order chi connectivity index (χ0) is 12.3. The van der Waals surface area contributed by atoms with Crippen LogP contribution < -0.4 is 5.32 Å². The first-order valence-electron chi connectivity index (χ1n) is 6.64. The van der Waals surface area contributed by atoms with E-state index in [4.69, 9.17) is 11.6 Å². The monoisotopic (exact) mass is 255 g/mol. The van der Waals surface area contributed by atoms with Gasteiger partial charge in [0.05, 0.1) is 22.5 Å². The number of aryl methyl sites for hydroxylation is 1. The van der Waals surface area contributed by atoms with Crippen molar-refractivity contribution in [3.05, 3.63) is 16.9 Å². The quantitative estimate of drug-likeness (QED) is 0.898. The second-order valence-electron chi connectivity index (χ2n) is 5.13. The Morgan fingerprint density at radius 3 is 3.06 bits per heavy atom. The zero-order valence-electron chi connectivity index (χ0n) is 10.8. The van der Waals surface area contributed by atoms with Gasteiger partial charge in [-0.2, -0.15) is 5.10 Å². The number of nitrogens with zero attached hydrogens (tertiary/aromatic N) is 2. The first kappa shape index (κ1) is 12.9. The number of aromatic nitrogens is 2. The lowest BCUT2D eigenvalue weighted by molar-refractivity contribution is 0.327. The van der Waals surface area contributed by atoms with E-state index < -0.39 is 0 Å². The van der Waals surface area contributed by atoms with E-state index in [1.54, 1.807) is 6.20 Å². The Morgan fingerprint density at radius 1 is 1.47 bits per heavy atom. The lowest BCUT2D eigenvalue weighted by Gasteiger charge is -2.30. The van der Waals surface area contributed by atoms with Crippen molar-refractivity contribution in [1.29, 1.82) is 0 Å². The number of halogens is 1. The first-order valence-corrected chi connectivity index (χ1v) is 7.02. The molecule has 1 aliphatic heterocycles. The Kier molecular flexibility index (Phi) is 4.10. The fourth-order valence-electron chi connectivity index (χ4n) is 2.73. The Labute approximate surface area is 109 Å². The molecular weight excluding hydrogens is 234 g/mol. The highest BCUT2D eigenvalue weighted by atomic mass is 35.5. The molecule has 2 heterocycles. The maximum absolute atomic E-state index is 6.33. The molecule has 1 N–H and O–H groups in total. The summed E-state index contributed by atoms with van der Waals surface area (Å²) in [7, 11) is 0. The summed E-state index contributed by atoms with van der Waals surface area (Å²) in [6, 6.07) is 0. The normalized spacial score (nSPS) is 25.8. The van der Waals surface area contributed by atoms with Gasteiger partial charge >= 0.3 is 0 Å². The zero-order valence-corrected chi connectivity index (χ0v) is 11.6. The largest absolute Gasteiger partial charge is 0.306 e. The van der Waals surface area contributed by atoms with Crippen molar-refractivity contribution < 1.29 is 0 Å². The lowest BCUT2D eigenvalue weighted by Crippen LogP contribution is -2.41. The van der Waals surface area contributed by atoms with E-state index in [-0.39, 0.29) is 5.54 Å². The van der Waals surface area contributed by atoms with Gasteiger partial charge in [-0.3, -0.25) is 4.68 Å². The van der Waals surface area contributed by atoms with E-state index in [1.165, 1.54) is 25.0 Å². The minimum absolute atomic E-state index is 0.0146. The van der Waals surface area contributed by atoms with Crippen molar-refractivity contribution in [3.8, 4) is 0 Å². The van der Waals surface area contributed by atoms with Gasteiger partial charge in [0.15, 0.2) is 0 Å². The summed E-state index contributed by atoms with van der Waals surface area (Å²) < 4.78 is 2.07. The molecule has 96 valence electrons. The van der Waals surface area contributed by atoms with Gasteiger partial charge in [0.2, 0.25) is 0 Å². The van der Waals surface area contributed by atoms with Crippen LogP contribution in [0, 0.1) is 0 Å². The van der Waals surface area contributed by atoms with Crippen molar-refractivity contribution in [3.63, 3.8) is 0 Å². The van der Waals surface area contributed by atoms with Gasteiger partial charge in [0.1, 0.15) is 0 Å². The number of rotatable bonds is 3. The molecule has 1 atom stereocenters. The maximum Gasteiger partial charge on any atom is 0.0837 e. The first-order chi connectivity index (χ1) is 8.17. The fourth-order valence-corrected chi connectivity index (χ4v) is 3.08. The summed E-state index contributed by atoms with van der Waals surface area (Å²) in [5, 5.41) is 8.86. The highest BCUT2D eigenvalue weighted by molar-refractivity contribution is 6.31. The SMILES string of the molecule is CCCn1ncc(Cl)c1C1(C)CCCCCN1. The van der Waals surface area contributed by atoms with Crippen molar-refractivity contribution in [2.75, 3.05) is 6.54 Å². The summed E-state index contributed by atoms with van der Waals surface area (Å²) in [5.74, 6) is 0. The highest BCUT2D eigenvalue weighted by Crippen LogP contribution is 2.34. The topological polar surface area (TPSA) is 29.9 Å². The molecule has 1 aromatic rings. The van der Waals surface area contributed by atoms with Crippen molar-refractivity contribution in [2.24, 2.45) is 0 Å². The number of hydrogen-bond donors (Lipinski definition) is 1. The molecule has 0 aliphatic carbocycles. The third kappa shape index (κ3) is 2.66. The van der Waals surface area contributed by atoms with Crippen molar-refractivity contribution in [1.82, 2.24) is 15.1 Å². The van der Waals surface area contributed by atoms with Crippen molar-refractivity contribution in [2.45, 2.75) is 58.0 Å². The molecule has 0 saturated carbocycles. The van der Waals surface area contributed by atoms with Crippen LogP contribution in [0.15, 0.2) is 6.20 Å². The minimum Gasteiger partial charge on any atom is -0.306 e. The van der Waals surface area contributed by atoms with Gasteiger partial charge in [0.25, 0.3) is 0 Å². The third-order valence-corrected chi connectivity index (χ3v) is 3.90. The molecular formula is C13H22ClN3. The summed E-state index contributed by atoms with van der Waals surface area (Å²) in [5.41, 5.74) is 1.15. The molecule has 1 unspecified atom stereocenters. The van der Waals surface area contributed by atoms with Crippen molar-refractivity contribution >= 4 is 11.6 Å². The number of hydrogen-bond acceptors (Lipinski definition) is 2. The second-order valence-corrected chi connectivity index (χ2v) is 5.54. The van der Waals surface area contributed by atoms with Crippen LogP contribution in [0.4, 0.5) is 0 Å². The average Bonchev–Trinajstić information content (AvgIpc) is 2.53. The molecule has 1 aliphatic rings. The van der Waals surface area contributed by atoms with E-state index in [0.717, 1.165) is 31.0 Å². The number of nitrogens with one attached hydrogen (secondary N) is 1. The van der Waals surface area contributed by atoms with E-state index >= 15 is 0 Å². The van der Waals surface area contributed by atoms with E-state index in [2.05, 4.69) is 28.9 Å². The minimum atomic E-state index is -0.0146. The van der Waals surface area contributed by atoms with Gasteiger partial charge < -0.3 is 5.32 Å². The standard InChI is InChI=1S/C13H22ClN3/c1-3-9-17-12(11(14)10-16-17)13(2)7-5-4-6-8-15-13/h10,15H,3-9H2,1-2H3. The Balaban J connectivity index is 2.32. The molecule has 0 amide bonds. The van der Waals surface area contributed by atoms with E-state index in [1.807, 2.05) is 0 Å². The average molecular weight is 256 g/mol.